The van der Waals surface area contributed by atoms with Crippen LogP contribution >= 0.6 is 11.8 Å². The van der Waals surface area contributed by atoms with Gasteiger partial charge in [0.05, 0.1) is 0 Å². The number of unbranched alkanes of at least 4 members (excludes halogenated alkanes) is 4. The molecule has 0 fully saturated rings. The van der Waals surface area contributed by atoms with Crippen molar-refractivity contribution in [1.82, 2.24) is 5.23 Å². The van der Waals surface area contributed by atoms with E-state index in [1.54, 1.807) is 0 Å². The lowest BCUT2D eigenvalue weighted by molar-refractivity contribution is -0.328. The van der Waals surface area contributed by atoms with Crippen molar-refractivity contribution in [1.29, 1.82) is 0 Å². The van der Waals surface area contributed by atoms with Crippen LogP contribution in [-0.2, 0) is 4.79 Å². The molecule has 5 nitrogen and oxygen atoms in total. The number of hydroxylamine groups is 2. The van der Waals surface area contributed by atoms with Gasteiger partial charge in [-0.05, 0) is 24.9 Å². The van der Waals surface area contributed by atoms with Crippen LogP contribution in [0.1, 0.15) is 38.5 Å². The van der Waals surface area contributed by atoms with E-state index >= 15 is 0 Å². The summed E-state index contributed by atoms with van der Waals surface area (Å²) >= 11 is 1.83. The molecule has 0 spiro atoms. The molecule has 0 aliphatic heterocycles. The summed E-state index contributed by atoms with van der Waals surface area (Å²) in [6.07, 6.45) is 7.40. The summed E-state index contributed by atoms with van der Waals surface area (Å²) in [7, 11) is 0. The number of nitrogens with zero attached hydrogens (tertiary/aromatic N) is 1. The maximum atomic E-state index is 10.6. The van der Waals surface area contributed by atoms with Gasteiger partial charge in [0.25, 0.3) is 0 Å². The third-order valence-corrected chi connectivity index (χ3v) is 3.09. The SMILES string of the molecule is CSCCCCCCC[C@@H](C(=O)O)N(O)O. The fourth-order valence-corrected chi connectivity index (χ4v) is 1.94. The fraction of sp³-hybridized carbons (Fsp3) is 0.900. The fourth-order valence-electron chi connectivity index (χ4n) is 1.45. The summed E-state index contributed by atoms with van der Waals surface area (Å²) in [5, 5.41) is 25.8. The number of carboxylic acid groups (broad SMARTS) is 1. The average molecular weight is 251 g/mol. The molecule has 16 heavy (non-hydrogen) atoms. The van der Waals surface area contributed by atoms with Crippen LogP contribution in [-0.4, -0.2) is 44.8 Å². The van der Waals surface area contributed by atoms with Gasteiger partial charge in [-0.25, -0.2) is 0 Å². The molecular formula is C10H21NO4S. The van der Waals surface area contributed by atoms with Crippen LogP contribution in [0.25, 0.3) is 0 Å². The predicted octanol–water partition coefficient (Wildman–Crippen LogP) is 2.22. The molecular weight excluding hydrogens is 230 g/mol. The first-order chi connectivity index (χ1) is 7.59. The lowest BCUT2D eigenvalue weighted by Gasteiger charge is -2.15. The predicted molar refractivity (Wildman–Crippen MR) is 62.9 cm³/mol. The molecule has 96 valence electrons. The Morgan fingerprint density at radius 2 is 1.75 bits per heavy atom. The van der Waals surface area contributed by atoms with Crippen molar-refractivity contribution in [2.24, 2.45) is 0 Å². The van der Waals surface area contributed by atoms with Gasteiger partial charge in [-0.3, -0.25) is 15.2 Å². The Balaban J connectivity index is 3.45. The van der Waals surface area contributed by atoms with Gasteiger partial charge in [-0.15, -0.1) is 0 Å². The van der Waals surface area contributed by atoms with Crippen molar-refractivity contribution in [3.05, 3.63) is 0 Å². The first kappa shape index (κ1) is 15.7. The Kier molecular flexibility index (Phi) is 9.71. The Labute approximate surface area is 100 Å². The quantitative estimate of drug-likeness (QED) is 0.408. The molecule has 1 atom stereocenters. The monoisotopic (exact) mass is 251 g/mol. The highest BCUT2D eigenvalue weighted by atomic mass is 32.2. The summed E-state index contributed by atoms with van der Waals surface area (Å²) in [6, 6.07) is -1.20. The average Bonchev–Trinajstić information content (AvgIpc) is 2.21. The largest absolute Gasteiger partial charge is 0.480 e. The van der Waals surface area contributed by atoms with Crippen molar-refractivity contribution in [3.8, 4) is 0 Å². The van der Waals surface area contributed by atoms with Crippen LogP contribution in [0.5, 0.6) is 0 Å². The molecule has 6 heteroatoms. The number of carbonyl (C=O) groups is 1. The summed E-state index contributed by atoms with van der Waals surface area (Å²) in [5.41, 5.74) is 0. The number of rotatable bonds is 10. The molecule has 0 aliphatic carbocycles. The Hall–Kier alpha value is -0.300. The summed E-state index contributed by atoms with van der Waals surface area (Å²) in [4.78, 5) is 10.6. The third-order valence-electron chi connectivity index (χ3n) is 2.39. The second-order valence-corrected chi connectivity index (χ2v) is 4.71. The molecule has 0 saturated carbocycles. The highest BCUT2D eigenvalue weighted by Gasteiger charge is 2.22. The maximum absolute atomic E-state index is 10.6. The number of aliphatic carboxylic acids is 1. The molecule has 0 aromatic carbocycles. The minimum Gasteiger partial charge on any atom is -0.480 e. The van der Waals surface area contributed by atoms with E-state index < -0.39 is 12.0 Å². The molecule has 0 amide bonds. The van der Waals surface area contributed by atoms with Gasteiger partial charge in [0.1, 0.15) is 0 Å². The number of hydrogen-bond donors (Lipinski definition) is 3. The van der Waals surface area contributed by atoms with Crippen LogP contribution in [0.15, 0.2) is 0 Å². The van der Waals surface area contributed by atoms with Gasteiger partial charge in [0.15, 0.2) is 6.04 Å². The number of thioether (sulfide) groups is 1. The van der Waals surface area contributed by atoms with E-state index in [0.29, 0.717) is 6.42 Å². The molecule has 0 rings (SSSR count). The van der Waals surface area contributed by atoms with Crippen molar-refractivity contribution in [2.45, 2.75) is 44.6 Å². The maximum Gasteiger partial charge on any atom is 0.325 e. The Bertz CT molecular complexity index is 190. The molecule has 0 heterocycles. The summed E-state index contributed by atoms with van der Waals surface area (Å²) in [6.45, 7) is 0. The molecule has 0 aliphatic rings. The molecule has 0 saturated heterocycles. The van der Waals surface area contributed by atoms with E-state index in [4.69, 9.17) is 15.5 Å². The van der Waals surface area contributed by atoms with Gasteiger partial charge < -0.3 is 5.11 Å². The topological polar surface area (TPSA) is 81.0 Å². The zero-order chi connectivity index (χ0) is 12.4. The first-order valence-corrected chi connectivity index (χ1v) is 6.87. The lowest BCUT2D eigenvalue weighted by Crippen LogP contribution is -2.36. The molecule has 0 aromatic heterocycles. The number of hydrogen-bond acceptors (Lipinski definition) is 5. The van der Waals surface area contributed by atoms with E-state index in [-0.39, 0.29) is 11.6 Å². The minimum absolute atomic E-state index is 0.212. The highest BCUT2D eigenvalue weighted by molar-refractivity contribution is 7.98. The zero-order valence-electron chi connectivity index (χ0n) is 9.63. The Morgan fingerprint density at radius 3 is 2.25 bits per heavy atom. The number of carboxylic acids is 1. The van der Waals surface area contributed by atoms with Crippen LogP contribution in [0.3, 0.4) is 0 Å². The molecule has 0 aromatic rings. The van der Waals surface area contributed by atoms with E-state index in [9.17, 15) is 4.79 Å². The van der Waals surface area contributed by atoms with Crippen molar-refractivity contribution < 1.29 is 20.3 Å². The molecule has 0 unspecified atom stereocenters. The lowest BCUT2D eigenvalue weighted by atomic mass is 10.1. The van der Waals surface area contributed by atoms with Gasteiger partial charge in [-0.2, -0.15) is 11.8 Å². The summed E-state index contributed by atoms with van der Waals surface area (Å²) in [5.74, 6) is -0.0360. The van der Waals surface area contributed by atoms with Crippen LogP contribution in [0.2, 0.25) is 0 Å². The normalized spacial score (nSPS) is 13.0. The van der Waals surface area contributed by atoms with Gasteiger partial charge in [-0.1, -0.05) is 30.9 Å². The van der Waals surface area contributed by atoms with E-state index in [0.717, 1.165) is 19.3 Å². The first-order valence-electron chi connectivity index (χ1n) is 5.48. The molecule has 0 radical (unpaired) electrons. The van der Waals surface area contributed by atoms with Crippen LogP contribution in [0.4, 0.5) is 0 Å². The van der Waals surface area contributed by atoms with Gasteiger partial charge in [0.2, 0.25) is 0 Å². The van der Waals surface area contributed by atoms with Gasteiger partial charge >= 0.3 is 5.97 Å². The molecule has 0 bridgehead atoms. The third kappa shape index (κ3) is 7.92. The zero-order valence-corrected chi connectivity index (χ0v) is 10.4. The molecule has 3 N–H and O–H groups in total. The smallest absolute Gasteiger partial charge is 0.325 e. The van der Waals surface area contributed by atoms with Crippen molar-refractivity contribution >= 4 is 17.7 Å². The minimum atomic E-state index is -1.20. The van der Waals surface area contributed by atoms with Crippen molar-refractivity contribution in [3.63, 3.8) is 0 Å². The van der Waals surface area contributed by atoms with E-state index in [2.05, 4.69) is 6.26 Å². The summed E-state index contributed by atoms with van der Waals surface area (Å²) < 4.78 is 0. The second-order valence-electron chi connectivity index (χ2n) is 3.72. The van der Waals surface area contributed by atoms with Gasteiger partial charge in [0, 0.05) is 0 Å². The van der Waals surface area contributed by atoms with Crippen LogP contribution < -0.4 is 0 Å². The van der Waals surface area contributed by atoms with Crippen molar-refractivity contribution in [2.75, 3.05) is 12.0 Å². The van der Waals surface area contributed by atoms with E-state index in [1.165, 1.54) is 12.2 Å². The standard InChI is InChI=1S/C10H21NO4S/c1-16-8-6-4-2-3-5-7-9(10(12)13)11(14)15/h9,14-15H,2-8H2,1H3,(H,12,13)/t9-/m0/s1. The second kappa shape index (κ2) is 9.89. The van der Waals surface area contributed by atoms with E-state index in [1.807, 2.05) is 11.8 Å². The highest BCUT2D eigenvalue weighted by Crippen LogP contribution is 2.11. The Morgan fingerprint density at radius 1 is 1.19 bits per heavy atom. The van der Waals surface area contributed by atoms with Crippen LogP contribution in [0, 0.1) is 0 Å².